The molecule has 5 nitrogen and oxygen atoms in total. The second-order valence-electron chi connectivity index (χ2n) is 7.73. The Labute approximate surface area is 176 Å². The lowest BCUT2D eigenvalue weighted by Gasteiger charge is -2.21. The van der Waals surface area contributed by atoms with E-state index >= 15 is 0 Å². The maximum atomic E-state index is 13.2. The molecule has 154 valence electrons. The van der Waals surface area contributed by atoms with Gasteiger partial charge in [0, 0.05) is 16.0 Å². The molecular weight excluding hydrogens is 390 g/mol. The van der Waals surface area contributed by atoms with Gasteiger partial charge in [-0.05, 0) is 69.2 Å². The van der Waals surface area contributed by atoms with Crippen molar-refractivity contribution < 1.29 is 19.0 Å². The first-order valence-corrected chi connectivity index (χ1v) is 9.86. The highest BCUT2D eigenvalue weighted by Gasteiger charge is 2.26. The Bertz CT molecular complexity index is 1060. The van der Waals surface area contributed by atoms with Gasteiger partial charge >= 0.3 is 6.09 Å². The molecule has 1 heterocycles. The van der Waals surface area contributed by atoms with E-state index in [1.807, 2.05) is 51.1 Å². The number of carbonyl (C=O) groups is 1. The predicted molar refractivity (Wildman–Crippen MR) is 116 cm³/mol. The summed E-state index contributed by atoms with van der Waals surface area (Å²) in [5.74, 6) is 1.21. The van der Waals surface area contributed by atoms with Crippen molar-refractivity contribution in [1.82, 2.24) is 4.57 Å². The lowest BCUT2D eigenvalue weighted by Crippen LogP contribution is -2.27. The van der Waals surface area contributed by atoms with Crippen molar-refractivity contribution in [2.24, 2.45) is 0 Å². The van der Waals surface area contributed by atoms with Gasteiger partial charge in [0.1, 0.15) is 5.60 Å². The summed E-state index contributed by atoms with van der Waals surface area (Å²) in [6, 6.07) is 11.1. The lowest BCUT2D eigenvalue weighted by atomic mass is 10.0. The highest BCUT2D eigenvalue weighted by atomic mass is 35.5. The summed E-state index contributed by atoms with van der Waals surface area (Å²) < 4.78 is 18.2. The number of hydrogen-bond donors (Lipinski definition) is 0. The van der Waals surface area contributed by atoms with Crippen molar-refractivity contribution in [3.63, 3.8) is 0 Å². The Morgan fingerprint density at radius 2 is 1.72 bits per heavy atom. The molecule has 1 aromatic heterocycles. The lowest BCUT2D eigenvalue weighted by molar-refractivity contribution is 0.0547. The van der Waals surface area contributed by atoms with Crippen LogP contribution >= 0.6 is 11.6 Å². The molecule has 3 aromatic rings. The smallest absolute Gasteiger partial charge is 0.419 e. The van der Waals surface area contributed by atoms with Crippen molar-refractivity contribution in [2.75, 3.05) is 14.2 Å². The second kappa shape index (κ2) is 7.99. The zero-order valence-corrected chi connectivity index (χ0v) is 18.4. The van der Waals surface area contributed by atoms with Crippen LogP contribution in [0.4, 0.5) is 4.79 Å². The molecule has 0 aliphatic carbocycles. The molecule has 0 unspecified atom stereocenters. The van der Waals surface area contributed by atoms with Crippen LogP contribution in [-0.4, -0.2) is 30.5 Å². The van der Waals surface area contributed by atoms with Crippen LogP contribution in [0.2, 0.25) is 5.02 Å². The molecule has 0 aliphatic heterocycles. The Balaban J connectivity index is 2.35. The molecule has 0 atom stereocenters. The summed E-state index contributed by atoms with van der Waals surface area (Å²) in [6.07, 6.45) is 0.283. The van der Waals surface area contributed by atoms with Gasteiger partial charge in [-0.2, -0.15) is 0 Å². The van der Waals surface area contributed by atoms with E-state index in [1.165, 1.54) is 0 Å². The average molecular weight is 416 g/mol. The monoisotopic (exact) mass is 415 g/mol. The molecule has 0 aliphatic rings. The quantitative estimate of drug-likeness (QED) is 0.500. The number of methoxy groups -OCH3 is 2. The number of hydrogen-bond acceptors (Lipinski definition) is 4. The molecule has 29 heavy (non-hydrogen) atoms. The maximum Gasteiger partial charge on any atom is 0.419 e. The molecule has 0 N–H and O–H groups in total. The summed E-state index contributed by atoms with van der Waals surface area (Å²) >= 11 is 6.27. The molecule has 0 saturated heterocycles. The van der Waals surface area contributed by atoms with Crippen molar-refractivity contribution in [2.45, 2.75) is 39.7 Å². The molecule has 0 fully saturated rings. The van der Waals surface area contributed by atoms with Crippen LogP contribution in [0.3, 0.4) is 0 Å². The standard InChI is InChI=1S/C23H26ClNO4/c1-7-16-17-13-15(24)9-10-18(17)25(22(26)29-23(2,3)4)21(16)14-8-11-19(27-5)20(12-14)28-6/h8-13H,7H2,1-6H3. The molecule has 3 rings (SSSR count). The molecule has 6 heteroatoms. The average Bonchev–Trinajstić information content (AvgIpc) is 2.99. The zero-order valence-electron chi connectivity index (χ0n) is 17.6. The minimum atomic E-state index is -0.624. The molecule has 0 bridgehead atoms. The normalized spacial score (nSPS) is 11.6. The van der Waals surface area contributed by atoms with Gasteiger partial charge < -0.3 is 14.2 Å². The first kappa shape index (κ1) is 21.1. The van der Waals surface area contributed by atoms with E-state index < -0.39 is 11.7 Å². The van der Waals surface area contributed by atoms with E-state index in [9.17, 15) is 4.79 Å². The SMILES string of the molecule is CCc1c(-c2ccc(OC)c(OC)c2)n(C(=O)OC(C)(C)C)c2ccc(Cl)cc12. The first-order chi connectivity index (χ1) is 13.7. The summed E-state index contributed by atoms with van der Waals surface area (Å²) in [5.41, 5.74) is 2.74. The molecule has 0 radical (unpaired) electrons. The van der Waals surface area contributed by atoms with Crippen LogP contribution in [0, 0.1) is 0 Å². The molecule has 2 aromatic carbocycles. The zero-order chi connectivity index (χ0) is 21.3. The maximum absolute atomic E-state index is 13.2. The highest BCUT2D eigenvalue weighted by Crippen LogP contribution is 2.39. The van der Waals surface area contributed by atoms with Gasteiger partial charge in [0.2, 0.25) is 0 Å². The molecular formula is C23H26ClNO4. The number of nitrogens with zero attached hydrogens (tertiary/aromatic N) is 1. The summed E-state index contributed by atoms with van der Waals surface area (Å²) in [4.78, 5) is 13.2. The van der Waals surface area contributed by atoms with Crippen LogP contribution in [0.15, 0.2) is 36.4 Å². The van der Waals surface area contributed by atoms with E-state index in [0.717, 1.165) is 34.1 Å². The van der Waals surface area contributed by atoms with Crippen molar-refractivity contribution in [3.8, 4) is 22.8 Å². The van der Waals surface area contributed by atoms with E-state index in [4.69, 9.17) is 25.8 Å². The minimum absolute atomic E-state index is 0.436. The number of halogens is 1. The van der Waals surface area contributed by atoms with Crippen molar-refractivity contribution >= 4 is 28.6 Å². The number of carbonyl (C=O) groups excluding carboxylic acids is 1. The number of benzene rings is 2. The largest absolute Gasteiger partial charge is 0.493 e. The molecule has 0 amide bonds. The molecule has 0 spiro atoms. The Morgan fingerprint density at radius 1 is 1.03 bits per heavy atom. The third-order valence-corrected chi connectivity index (χ3v) is 4.86. The topological polar surface area (TPSA) is 49.7 Å². The number of fused-ring (bicyclic) bond motifs is 1. The Morgan fingerprint density at radius 3 is 2.31 bits per heavy atom. The van der Waals surface area contributed by atoms with Crippen molar-refractivity contribution in [1.29, 1.82) is 0 Å². The summed E-state index contributed by atoms with van der Waals surface area (Å²) in [5, 5.41) is 1.54. The Hall–Kier alpha value is -2.66. The van der Waals surface area contributed by atoms with Gasteiger partial charge in [0.15, 0.2) is 11.5 Å². The summed E-state index contributed by atoms with van der Waals surface area (Å²) in [6.45, 7) is 7.61. The van der Waals surface area contributed by atoms with Crippen LogP contribution in [0.1, 0.15) is 33.3 Å². The van der Waals surface area contributed by atoms with Crippen LogP contribution in [0.25, 0.3) is 22.2 Å². The second-order valence-corrected chi connectivity index (χ2v) is 8.16. The van der Waals surface area contributed by atoms with Gasteiger partial charge in [0.25, 0.3) is 0 Å². The molecule has 0 saturated carbocycles. The number of ether oxygens (including phenoxy) is 3. The number of aryl methyl sites for hydroxylation is 1. The van der Waals surface area contributed by atoms with Gasteiger partial charge in [-0.15, -0.1) is 0 Å². The number of aromatic nitrogens is 1. The minimum Gasteiger partial charge on any atom is -0.493 e. The van der Waals surface area contributed by atoms with Crippen LogP contribution in [0.5, 0.6) is 11.5 Å². The van der Waals surface area contributed by atoms with Gasteiger partial charge in [-0.25, -0.2) is 9.36 Å². The van der Waals surface area contributed by atoms with Crippen molar-refractivity contribution in [3.05, 3.63) is 47.0 Å². The van der Waals surface area contributed by atoms with E-state index in [-0.39, 0.29) is 0 Å². The third kappa shape index (κ3) is 4.06. The first-order valence-electron chi connectivity index (χ1n) is 9.48. The van der Waals surface area contributed by atoms with Crippen LogP contribution in [-0.2, 0) is 11.2 Å². The van der Waals surface area contributed by atoms with Gasteiger partial charge in [-0.3, -0.25) is 0 Å². The van der Waals surface area contributed by atoms with E-state index in [0.29, 0.717) is 16.5 Å². The fourth-order valence-corrected chi connectivity index (χ4v) is 3.64. The third-order valence-electron chi connectivity index (χ3n) is 4.62. The summed E-state index contributed by atoms with van der Waals surface area (Å²) in [7, 11) is 3.18. The fraction of sp³-hybridized carbons (Fsp3) is 0.348. The van der Waals surface area contributed by atoms with Crippen LogP contribution < -0.4 is 9.47 Å². The Kier molecular flexibility index (Phi) is 5.80. The van der Waals surface area contributed by atoms with Gasteiger partial charge in [-0.1, -0.05) is 18.5 Å². The van der Waals surface area contributed by atoms with E-state index in [2.05, 4.69) is 6.92 Å². The van der Waals surface area contributed by atoms with Gasteiger partial charge in [0.05, 0.1) is 25.4 Å². The highest BCUT2D eigenvalue weighted by molar-refractivity contribution is 6.31. The fourth-order valence-electron chi connectivity index (χ4n) is 3.47. The predicted octanol–water partition coefficient (Wildman–Crippen LogP) is 6.32. The number of rotatable bonds is 4. The van der Waals surface area contributed by atoms with E-state index in [1.54, 1.807) is 24.9 Å².